The van der Waals surface area contributed by atoms with E-state index in [1.54, 1.807) is 24.3 Å². The van der Waals surface area contributed by atoms with Crippen molar-refractivity contribution in [2.75, 3.05) is 13.2 Å². The Labute approximate surface area is 195 Å². The van der Waals surface area contributed by atoms with Crippen LogP contribution in [0, 0.1) is 5.41 Å². The van der Waals surface area contributed by atoms with Crippen molar-refractivity contribution in [1.82, 2.24) is 5.32 Å². The van der Waals surface area contributed by atoms with Crippen LogP contribution in [-0.2, 0) is 4.79 Å². The van der Waals surface area contributed by atoms with E-state index in [0.717, 1.165) is 0 Å². The van der Waals surface area contributed by atoms with Crippen LogP contribution in [-0.4, -0.2) is 42.1 Å². The number of hydrogen-bond acceptors (Lipinski definition) is 4. The molecule has 0 aliphatic heterocycles. The third-order valence-electron chi connectivity index (χ3n) is 5.29. The molecule has 5 N–H and O–H groups in total. The van der Waals surface area contributed by atoms with E-state index in [1.165, 1.54) is 37.7 Å². The van der Waals surface area contributed by atoms with Crippen molar-refractivity contribution in [3.63, 3.8) is 0 Å². The molecule has 1 saturated carbocycles. The topological polar surface area (TPSA) is 126 Å². The van der Waals surface area contributed by atoms with Gasteiger partial charge in [0.2, 0.25) is 0 Å². The summed E-state index contributed by atoms with van der Waals surface area (Å²) in [6.07, 6.45) is 1.39. The number of carbonyl (C=O) groups is 2. The van der Waals surface area contributed by atoms with Gasteiger partial charge >= 0.3 is 12.1 Å². The van der Waals surface area contributed by atoms with E-state index in [2.05, 4.69) is 17.4 Å². The van der Waals surface area contributed by atoms with Gasteiger partial charge in [0.15, 0.2) is 0 Å². The number of rotatable bonds is 7. The van der Waals surface area contributed by atoms with Gasteiger partial charge in [0, 0.05) is 11.1 Å². The SMILES string of the molecule is N=C(N)c1cccc(OCCNC(=O)c2ccc(C3CCCCC3)cc2)c1.O=C(O)C(F)(F)F. The van der Waals surface area contributed by atoms with E-state index in [4.69, 9.17) is 25.8 Å². The van der Waals surface area contributed by atoms with Crippen LogP contribution in [0.5, 0.6) is 5.75 Å². The van der Waals surface area contributed by atoms with E-state index in [1.807, 2.05) is 12.1 Å². The maximum atomic E-state index is 12.3. The van der Waals surface area contributed by atoms with E-state index in [0.29, 0.717) is 35.9 Å². The summed E-state index contributed by atoms with van der Waals surface area (Å²) < 4.78 is 37.4. The minimum atomic E-state index is -5.08. The number of carboxylic acid groups (broad SMARTS) is 1. The molecule has 0 bridgehead atoms. The Balaban J connectivity index is 0.000000509. The molecule has 1 aliphatic rings. The molecule has 2 aromatic carbocycles. The molecule has 184 valence electrons. The summed E-state index contributed by atoms with van der Waals surface area (Å²) in [5, 5.41) is 17.4. The van der Waals surface area contributed by atoms with Crippen molar-refractivity contribution in [3.8, 4) is 5.75 Å². The first kappa shape index (κ1) is 26.7. The predicted octanol–water partition coefficient (Wildman–Crippen LogP) is 4.46. The Bertz CT molecular complexity index is 972. The van der Waals surface area contributed by atoms with Gasteiger partial charge in [-0.2, -0.15) is 13.2 Å². The highest BCUT2D eigenvalue weighted by Gasteiger charge is 2.38. The van der Waals surface area contributed by atoms with Crippen LogP contribution in [0.2, 0.25) is 0 Å². The summed E-state index contributed by atoms with van der Waals surface area (Å²) in [7, 11) is 0. The lowest BCUT2D eigenvalue weighted by Gasteiger charge is -2.22. The summed E-state index contributed by atoms with van der Waals surface area (Å²) in [6, 6.07) is 15.1. The van der Waals surface area contributed by atoms with Gasteiger partial charge < -0.3 is 20.9 Å². The number of hydrogen-bond donors (Lipinski definition) is 4. The van der Waals surface area contributed by atoms with Crippen molar-refractivity contribution in [2.45, 2.75) is 44.2 Å². The van der Waals surface area contributed by atoms with E-state index in [-0.39, 0.29) is 11.7 Å². The van der Waals surface area contributed by atoms with Crippen LogP contribution < -0.4 is 15.8 Å². The fourth-order valence-electron chi connectivity index (χ4n) is 3.53. The molecule has 0 spiro atoms. The molecule has 0 heterocycles. The molecule has 0 atom stereocenters. The van der Waals surface area contributed by atoms with Gasteiger partial charge in [-0.3, -0.25) is 10.2 Å². The number of carbonyl (C=O) groups excluding carboxylic acids is 1. The zero-order chi connectivity index (χ0) is 25.1. The molecule has 2 aromatic rings. The number of amides is 1. The van der Waals surface area contributed by atoms with Gasteiger partial charge in [-0.1, -0.05) is 43.5 Å². The minimum absolute atomic E-state index is 0.00502. The average Bonchev–Trinajstić information content (AvgIpc) is 2.82. The average molecular weight is 479 g/mol. The maximum Gasteiger partial charge on any atom is 0.490 e. The fourth-order valence-corrected chi connectivity index (χ4v) is 3.53. The van der Waals surface area contributed by atoms with Crippen molar-refractivity contribution >= 4 is 17.7 Å². The van der Waals surface area contributed by atoms with Gasteiger partial charge in [-0.05, 0) is 48.6 Å². The molecule has 34 heavy (non-hydrogen) atoms. The molecule has 3 rings (SSSR count). The first-order valence-corrected chi connectivity index (χ1v) is 10.8. The monoisotopic (exact) mass is 479 g/mol. The van der Waals surface area contributed by atoms with Crippen LogP contribution in [0.1, 0.15) is 59.5 Å². The molecule has 1 fully saturated rings. The van der Waals surface area contributed by atoms with Gasteiger partial charge in [0.25, 0.3) is 5.91 Å². The summed E-state index contributed by atoms with van der Waals surface area (Å²) >= 11 is 0. The molecule has 0 unspecified atom stereocenters. The third-order valence-corrected chi connectivity index (χ3v) is 5.29. The number of nitrogens with two attached hydrogens (primary N) is 1. The number of amidine groups is 1. The second-order valence-electron chi connectivity index (χ2n) is 7.81. The van der Waals surface area contributed by atoms with Crippen molar-refractivity contribution in [1.29, 1.82) is 5.41 Å². The quantitative estimate of drug-likeness (QED) is 0.265. The van der Waals surface area contributed by atoms with Crippen molar-refractivity contribution in [2.24, 2.45) is 5.73 Å². The standard InChI is InChI=1S/C22H27N3O2.C2HF3O2/c23-21(24)19-7-4-8-20(15-19)27-14-13-25-22(26)18-11-9-17(10-12-18)16-5-2-1-3-6-16;3-2(4,5)1(6)7/h4,7-12,15-16H,1-3,5-6,13-14H2,(H3,23,24)(H,25,26);(H,6,7). The van der Waals surface area contributed by atoms with Crippen LogP contribution in [0.25, 0.3) is 0 Å². The summed E-state index contributed by atoms with van der Waals surface area (Å²) in [5.41, 5.74) is 8.11. The lowest BCUT2D eigenvalue weighted by Crippen LogP contribution is -2.28. The minimum Gasteiger partial charge on any atom is -0.492 e. The lowest BCUT2D eigenvalue weighted by molar-refractivity contribution is -0.192. The number of halogens is 3. The van der Waals surface area contributed by atoms with Gasteiger partial charge in [-0.25, -0.2) is 4.79 Å². The molecule has 0 aromatic heterocycles. The number of nitrogen functional groups attached to an aromatic ring is 1. The van der Waals surface area contributed by atoms with Crippen LogP contribution in [0.4, 0.5) is 13.2 Å². The third kappa shape index (κ3) is 8.76. The fraction of sp³-hybridized carbons (Fsp3) is 0.375. The first-order chi connectivity index (χ1) is 16.1. The second kappa shape index (κ2) is 12.6. The van der Waals surface area contributed by atoms with Crippen molar-refractivity contribution in [3.05, 3.63) is 65.2 Å². The highest BCUT2D eigenvalue weighted by Crippen LogP contribution is 2.32. The Morgan fingerprint density at radius 1 is 1.06 bits per heavy atom. The molecular formula is C24H28F3N3O4. The van der Waals surface area contributed by atoms with Gasteiger partial charge in [0.1, 0.15) is 18.2 Å². The van der Waals surface area contributed by atoms with Crippen LogP contribution in [0.3, 0.4) is 0 Å². The van der Waals surface area contributed by atoms with Gasteiger partial charge in [0.05, 0.1) is 6.54 Å². The number of alkyl halides is 3. The maximum absolute atomic E-state index is 12.3. The van der Waals surface area contributed by atoms with Gasteiger partial charge in [-0.15, -0.1) is 0 Å². The first-order valence-electron chi connectivity index (χ1n) is 10.8. The number of aliphatic carboxylic acids is 1. The number of benzene rings is 2. The van der Waals surface area contributed by atoms with E-state index in [9.17, 15) is 18.0 Å². The highest BCUT2D eigenvalue weighted by molar-refractivity contribution is 5.95. The molecular weight excluding hydrogens is 451 g/mol. The van der Waals surface area contributed by atoms with E-state index < -0.39 is 12.1 Å². The zero-order valence-corrected chi connectivity index (χ0v) is 18.5. The summed E-state index contributed by atoms with van der Waals surface area (Å²) in [4.78, 5) is 21.2. The summed E-state index contributed by atoms with van der Waals surface area (Å²) in [6.45, 7) is 0.765. The Morgan fingerprint density at radius 3 is 2.24 bits per heavy atom. The molecule has 0 saturated heterocycles. The number of nitrogens with one attached hydrogen (secondary N) is 2. The van der Waals surface area contributed by atoms with Crippen molar-refractivity contribution < 1.29 is 32.6 Å². The van der Waals surface area contributed by atoms with Crippen LogP contribution >= 0.6 is 0 Å². The molecule has 1 aliphatic carbocycles. The predicted molar refractivity (Wildman–Crippen MR) is 121 cm³/mol. The normalized spacial score (nSPS) is 13.9. The summed E-state index contributed by atoms with van der Waals surface area (Å²) in [5.74, 6) is -1.56. The number of ether oxygens (including phenoxy) is 1. The van der Waals surface area contributed by atoms with Crippen LogP contribution in [0.15, 0.2) is 48.5 Å². The molecule has 0 radical (unpaired) electrons. The second-order valence-corrected chi connectivity index (χ2v) is 7.81. The molecule has 1 amide bonds. The van der Waals surface area contributed by atoms with E-state index >= 15 is 0 Å². The molecule has 7 nitrogen and oxygen atoms in total. The zero-order valence-electron chi connectivity index (χ0n) is 18.5. The molecule has 10 heteroatoms. The highest BCUT2D eigenvalue weighted by atomic mass is 19.4. The Hall–Kier alpha value is -3.56. The Morgan fingerprint density at radius 2 is 1.68 bits per heavy atom. The largest absolute Gasteiger partial charge is 0.492 e. The smallest absolute Gasteiger partial charge is 0.490 e. The lowest BCUT2D eigenvalue weighted by atomic mass is 9.84. The Kier molecular flexibility index (Phi) is 9.91. The number of carboxylic acids is 1.